The molecule has 0 spiro atoms. The van der Waals surface area contributed by atoms with Crippen LogP contribution in [-0.2, 0) is 14.3 Å². The molecule has 4 rings (SSSR count). The van der Waals surface area contributed by atoms with Crippen molar-refractivity contribution in [3.8, 4) is 0 Å². The van der Waals surface area contributed by atoms with Gasteiger partial charge in [0, 0.05) is 18.1 Å². The number of esters is 1. The van der Waals surface area contributed by atoms with Gasteiger partial charge < -0.3 is 14.6 Å². The number of nitrogens with one attached hydrogen (secondary N) is 1. The molecule has 0 radical (unpaired) electrons. The van der Waals surface area contributed by atoms with Crippen molar-refractivity contribution in [2.75, 3.05) is 5.32 Å². The van der Waals surface area contributed by atoms with Gasteiger partial charge in [-0.15, -0.1) is 0 Å². The Bertz CT molecular complexity index is 817. The number of ether oxygens (including phenoxy) is 1. The average molecular weight is 368 g/mol. The fraction of sp³-hybridized carbons (Fsp3) is 0.476. The van der Waals surface area contributed by atoms with Crippen LogP contribution in [0.4, 0.5) is 5.82 Å². The monoisotopic (exact) mass is 368 g/mol. The summed E-state index contributed by atoms with van der Waals surface area (Å²) in [6.07, 6.45) is 4.25. The second-order valence-corrected chi connectivity index (χ2v) is 7.73. The van der Waals surface area contributed by atoms with Crippen molar-refractivity contribution in [3.05, 3.63) is 47.7 Å². The van der Waals surface area contributed by atoms with E-state index >= 15 is 0 Å². The summed E-state index contributed by atoms with van der Waals surface area (Å²) < 4.78 is 10.6. The summed E-state index contributed by atoms with van der Waals surface area (Å²) in [7, 11) is 0. The van der Waals surface area contributed by atoms with E-state index in [4.69, 9.17) is 9.26 Å². The summed E-state index contributed by atoms with van der Waals surface area (Å²) in [6, 6.07) is 10.7. The van der Waals surface area contributed by atoms with E-state index in [1.54, 1.807) is 25.1 Å². The van der Waals surface area contributed by atoms with Gasteiger partial charge in [-0.05, 0) is 43.9 Å². The van der Waals surface area contributed by atoms with Crippen molar-refractivity contribution in [1.29, 1.82) is 0 Å². The molecule has 1 N–H and O–H groups in total. The molecular weight excluding hydrogens is 344 g/mol. The Balaban J connectivity index is 1.44. The molecule has 2 aliphatic carbocycles. The van der Waals surface area contributed by atoms with Crippen LogP contribution in [0.15, 0.2) is 40.9 Å². The maximum atomic E-state index is 12.8. The molecule has 1 aromatic heterocycles. The summed E-state index contributed by atoms with van der Waals surface area (Å²) in [5.74, 6) is 1.97. The molecule has 0 aliphatic heterocycles. The van der Waals surface area contributed by atoms with Crippen LogP contribution in [0.1, 0.15) is 49.5 Å². The Hall–Kier alpha value is -2.63. The Morgan fingerprint density at radius 1 is 1.26 bits per heavy atom. The number of hydrogen-bond donors (Lipinski definition) is 1. The Morgan fingerprint density at radius 3 is 2.70 bits per heavy atom. The van der Waals surface area contributed by atoms with Gasteiger partial charge in [0.25, 0.3) is 5.91 Å². The molecular formula is C21H24N2O4. The fourth-order valence-electron chi connectivity index (χ4n) is 4.54. The quantitative estimate of drug-likeness (QED) is 0.779. The topological polar surface area (TPSA) is 81.4 Å². The third-order valence-electron chi connectivity index (χ3n) is 5.78. The molecule has 2 aliphatic rings. The third-order valence-corrected chi connectivity index (χ3v) is 5.78. The van der Waals surface area contributed by atoms with Gasteiger partial charge in [-0.1, -0.05) is 41.9 Å². The maximum Gasteiger partial charge on any atom is 0.307 e. The SMILES string of the molecule is Cc1cc(NC(=O)[C@H](OC(=O)C[C@H]2C[C@H]3CC[C@H]2C3)c2ccccc2)no1. The molecule has 6 nitrogen and oxygen atoms in total. The molecule has 4 atom stereocenters. The van der Waals surface area contributed by atoms with Crippen LogP contribution >= 0.6 is 0 Å². The minimum absolute atomic E-state index is 0.308. The van der Waals surface area contributed by atoms with Crippen LogP contribution in [0.25, 0.3) is 0 Å². The smallest absolute Gasteiger partial charge is 0.307 e. The molecule has 0 saturated heterocycles. The highest BCUT2D eigenvalue weighted by molar-refractivity contribution is 5.95. The molecule has 142 valence electrons. The number of carbonyl (C=O) groups excluding carboxylic acids is 2. The first-order chi connectivity index (χ1) is 13.1. The zero-order valence-electron chi connectivity index (χ0n) is 15.4. The van der Waals surface area contributed by atoms with Gasteiger partial charge in [-0.25, -0.2) is 0 Å². The number of aryl methyl sites for hydroxylation is 1. The predicted molar refractivity (Wildman–Crippen MR) is 98.7 cm³/mol. The van der Waals surface area contributed by atoms with Gasteiger partial charge in [0.15, 0.2) is 5.82 Å². The Kier molecular flexibility index (Phi) is 4.97. The van der Waals surface area contributed by atoms with E-state index in [-0.39, 0.29) is 5.97 Å². The number of anilines is 1. The number of aromatic nitrogens is 1. The largest absolute Gasteiger partial charge is 0.447 e. The molecule has 2 saturated carbocycles. The van der Waals surface area contributed by atoms with E-state index in [1.807, 2.05) is 18.2 Å². The molecule has 2 aromatic rings. The highest BCUT2D eigenvalue weighted by Crippen LogP contribution is 2.49. The highest BCUT2D eigenvalue weighted by Gasteiger charge is 2.41. The second-order valence-electron chi connectivity index (χ2n) is 7.73. The van der Waals surface area contributed by atoms with Crippen molar-refractivity contribution < 1.29 is 18.8 Å². The normalized spacial score (nSPS) is 24.6. The Labute approximate surface area is 158 Å². The third kappa shape index (κ3) is 4.04. The van der Waals surface area contributed by atoms with E-state index in [0.717, 1.165) is 12.3 Å². The number of carbonyl (C=O) groups is 2. The fourth-order valence-corrected chi connectivity index (χ4v) is 4.54. The predicted octanol–water partition coefficient (Wildman–Crippen LogP) is 4.03. The first-order valence-electron chi connectivity index (χ1n) is 9.57. The van der Waals surface area contributed by atoms with Gasteiger partial charge in [-0.2, -0.15) is 0 Å². The van der Waals surface area contributed by atoms with Crippen molar-refractivity contribution in [2.24, 2.45) is 17.8 Å². The summed E-state index contributed by atoms with van der Waals surface area (Å²) in [5, 5.41) is 6.44. The molecule has 1 amide bonds. The van der Waals surface area contributed by atoms with Gasteiger partial charge in [0.05, 0.1) is 0 Å². The lowest BCUT2D eigenvalue weighted by atomic mass is 9.86. The Morgan fingerprint density at radius 2 is 2.07 bits per heavy atom. The van der Waals surface area contributed by atoms with Crippen LogP contribution < -0.4 is 5.32 Å². The lowest BCUT2D eigenvalue weighted by Crippen LogP contribution is -2.27. The van der Waals surface area contributed by atoms with Crippen LogP contribution in [0.2, 0.25) is 0 Å². The summed E-state index contributed by atoms with van der Waals surface area (Å²) in [4.78, 5) is 25.3. The summed E-state index contributed by atoms with van der Waals surface area (Å²) in [6.45, 7) is 1.74. The minimum atomic E-state index is -1.01. The van der Waals surface area contributed by atoms with Gasteiger partial charge in [-0.3, -0.25) is 9.59 Å². The van der Waals surface area contributed by atoms with E-state index < -0.39 is 12.0 Å². The first-order valence-corrected chi connectivity index (χ1v) is 9.57. The van der Waals surface area contributed by atoms with E-state index in [9.17, 15) is 9.59 Å². The van der Waals surface area contributed by atoms with Crippen LogP contribution in [-0.4, -0.2) is 17.0 Å². The number of fused-ring (bicyclic) bond motifs is 2. The standard InChI is InChI=1S/C21H24N2O4/c1-13-9-18(23-27-13)22-21(25)20(15-5-3-2-4-6-15)26-19(24)12-17-11-14-7-8-16(17)10-14/h2-6,9,14,16-17,20H,7-8,10-12H2,1H3,(H,22,23,25)/t14-,16-,17+,20+/m0/s1. The molecule has 2 fully saturated rings. The molecule has 2 bridgehead atoms. The minimum Gasteiger partial charge on any atom is -0.447 e. The van der Waals surface area contributed by atoms with Crippen LogP contribution in [0.3, 0.4) is 0 Å². The highest BCUT2D eigenvalue weighted by atomic mass is 16.5. The molecule has 1 aromatic carbocycles. The number of rotatable bonds is 6. The van der Waals surface area contributed by atoms with E-state index in [2.05, 4.69) is 10.5 Å². The number of nitrogens with zero attached hydrogens (tertiary/aromatic N) is 1. The molecule has 0 unspecified atom stereocenters. The van der Waals surface area contributed by atoms with Crippen LogP contribution in [0.5, 0.6) is 0 Å². The summed E-state index contributed by atoms with van der Waals surface area (Å²) in [5.41, 5.74) is 0.636. The van der Waals surface area contributed by atoms with E-state index in [0.29, 0.717) is 35.4 Å². The van der Waals surface area contributed by atoms with Gasteiger partial charge in [0.1, 0.15) is 5.76 Å². The van der Waals surface area contributed by atoms with Gasteiger partial charge >= 0.3 is 5.97 Å². The molecule has 1 heterocycles. The summed E-state index contributed by atoms with van der Waals surface area (Å²) >= 11 is 0. The zero-order valence-corrected chi connectivity index (χ0v) is 15.4. The van der Waals surface area contributed by atoms with Crippen molar-refractivity contribution >= 4 is 17.7 Å². The molecule has 6 heteroatoms. The zero-order chi connectivity index (χ0) is 18.8. The second kappa shape index (κ2) is 7.55. The van der Waals surface area contributed by atoms with Crippen LogP contribution in [0, 0.1) is 24.7 Å². The number of amides is 1. The van der Waals surface area contributed by atoms with E-state index in [1.165, 1.54) is 19.3 Å². The first kappa shape index (κ1) is 17.8. The van der Waals surface area contributed by atoms with Crippen molar-refractivity contribution in [3.63, 3.8) is 0 Å². The lowest BCUT2D eigenvalue weighted by Gasteiger charge is -2.22. The van der Waals surface area contributed by atoms with Gasteiger partial charge in [0.2, 0.25) is 6.10 Å². The van der Waals surface area contributed by atoms with Crippen molar-refractivity contribution in [2.45, 2.75) is 45.1 Å². The number of benzene rings is 1. The average Bonchev–Trinajstić information content (AvgIpc) is 3.38. The number of hydrogen-bond acceptors (Lipinski definition) is 5. The lowest BCUT2D eigenvalue weighted by molar-refractivity contribution is -0.156. The molecule has 27 heavy (non-hydrogen) atoms. The van der Waals surface area contributed by atoms with Crippen molar-refractivity contribution in [1.82, 2.24) is 5.16 Å². The maximum absolute atomic E-state index is 12.8.